The number of hydrogen-bond acceptors (Lipinski definition) is 4. The molecule has 20 heavy (non-hydrogen) atoms. The van der Waals surface area contributed by atoms with Crippen molar-refractivity contribution in [2.45, 2.75) is 25.4 Å². The maximum atomic E-state index is 12.1. The quantitative estimate of drug-likeness (QED) is 0.818. The molecule has 3 heterocycles. The van der Waals surface area contributed by atoms with Crippen LogP contribution in [0.2, 0.25) is 0 Å². The number of nitrogens with zero attached hydrogens (tertiary/aromatic N) is 1. The lowest BCUT2D eigenvalue weighted by Crippen LogP contribution is -2.23. The highest BCUT2D eigenvalue weighted by Gasteiger charge is 2.26. The third-order valence-electron chi connectivity index (χ3n) is 4.00. The summed E-state index contributed by atoms with van der Waals surface area (Å²) >= 11 is 0. The lowest BCUT2D eigenvalue weighted by molar-refractivity contribution is 0.274. The maximum Gasteiger partial charge on any atom is 0.255 e. The van der Waals surface area contributed by atoms with Crippen molar-refractivity contribution in [3.05, 3.63) is 57.3 Å². The molecule has 1 aromatic heterocycles. The Morgan fingerprint density at radius 3 is 3.10 bits per heavy atom. The Bertz CT molecular complexity index is 723. The van der Waals surface area contributed by atoms with Gasteiger partial charge in [-0.25, -0.2) is 4.98 Å². The molecule has 5 nitrogen and oxygen atoms in total. The average molecular weight is 269 g/mol. The van der Waals surface area contributed by atoms with Crippen LogP contribution in [0, 0.1) is 0 Å². The molecule has 2 aliphatic heterocycles. The fourth-order valence-electron chi connectivity index (χ4n) is 2.99. The molecule has 0 bridgehead atoms. The Balaban J connectivity index is 1.83. The SMILES string of the molecule is O=c1[nH]c(C2CCOc3ccccc32)nc2c1CNC2. The molecule has 0 fully saturated rings. The highest BCUT2D eigenvalue weighted by molar-refractivity contribution is 5.41. The number of ether oxygens (including phenoxy) is 1. The Morgan fingerprint density at radius 2 is 2.15 bits per heavy atom. The molecule has 5 heteroatoms. The van der Waals surface area contributed by atoms with E-state index in [2.05, 4.69) is 15.3 Å². The van der Waals surface area contributed by atoms with Crippen LogP contribution in [0.4, 0.5) is 0 Å². The van der Waals surface area contributed by atoms with Gasteiger partial charge in [0, 0.05) is 24.6 Å². The molecule has 0 spiro atoms. The molecule has 1 aromatic carbocycles. The summed E-state index contributed by atoms with van der Waals surface area (Å²) < 4.78 is 5.67. The third-order valence-corrected chi connectivity index (χ3v) is 4.00. The van der Waals surface area contributed by atoms with Gasteiger partial charge in [0.2, 0.25) is 0 Å². The standard InChI is InChI=1S/C15H15N3O2/c19-15-11-7-16-8-12(11)17-14(18-15)10-5-6-20-13-4-2-1-3-9(10)13/h1-4,10,16H,5-8H2,(H,17,18,19). The number of para-hydroxylation sites is 1. The van der Waals surface area contributed by atoms with Gasteiger partial charge in [-0.05, 0) is 12.5 Å². The summed E-state index contributed by atoms with van der Waals surface area (Å²) in [5.41, 5.74) is 2.74. The predicted octanol–water partition coefficient (Wildman–Crippen LogP) is 1.29. The van der Waals surface area contributed by atoms with Crippen LogP contribution in [0.5, 0.6) is 5.75 Å². The van der Waals surface area contributed by atoms with Gasteiger partial charge in [-0.15, -0.1) is 0 Å². The van der Waals surface area contributed by atoms with Crippen molar-refractivity contribution in [2.24, 2.45) is 0 Å². The van der Waals surface area contributed by atoms with Gasteiger partial charge in [-0.1, -0.05) is 18.2 Å². The van der Waals surface area contributed by atoms with Gasteiger partial charge in [0.1, 0.15) is 11.6 Å². The lowest BCUT2D eigenvalue weighted by Gasteiger charge is -2.25. The van der Waals surface area contributed by atoms with Gasteiger partial charge in [-0.2, -0.15) is 0 Å². The highest BCUT2D eigenvalue weighted by atomic mass is 16.5. The van der Waals surface area contributed by atoms with E-state index >= 15 is 0 Å². The Morgan fingerprint density at radius 1 is 1.25 bits per heavy atom. The van der Waals surface area contributed by atoms with E-state index in [-0.39, 0.29) is 11.5 Å². The second-order valence-corrected chi connectivity index (χ2v) is 5.21. The number of rotatable bonds is 1. The minimum Gasteiger partial charge on any atom is -0.493 e. The molecule has 0 saturated carbocycles. The van der Waals surface area contributed by atoms with Crippen molar-refractivity contribution in [1.82, 2.24) is 15.3 Å². The first-order valence-corrected chi connectivity index (χ1v) is 6.87. The first kappa shape index (κ1) is 11.7. The molecular formula is C15H15N3O2. The molecule has 0 radical (unpaired) electrons. The molecule has 2 N–H and O–H groups in total. The molecule has 0 aliphatic carbocycles. The van der Waals surface area contributed by atoms with Crippen molar-refractivity contribution in [3.63, 3.8) is 0 Å². The second kappa shape index (κ2) is 4.45. The number of benzene rings is 1. The Labute approximate surface area is 116 Å². The number of hydrogen-bond donors (Lipinski definition) is 2. The molecule has 4 rings (SSSR count). The van der Waals surface area contributed by atoms with Crippen molar-refractivity contribution in [3.8, 4) is 5.75 Å². The molecule has 102 valence electrons. The van der Waals surface area contributed by atoms with E-state index in [9.17, 15) is 4.79 Å². The van der Waals surface area contributed by atoms with Crippen molar-refractivity contribution >= 4 is 0 Å². The fraction of sp³-hybridized carbons (Fsp3) is 0.333. The van der Waals surface area contributed by atoms with E-state index in [4.69, 9.17) is 4.74 Å². The Hall–Kier alpha value is -2.14. The topological polar surface area (TPSA) is 67.0 Å². The highest BCUT2D eigenvalue weighted by Crippen LogP contribution is 2.36. The summed E-state index contributed by atoms with van der Waals surface area (Å²) in [6.07, 6.45) is 0.839. The zero-order valence-corrected chi connectivity index (χ0v) is 11.0. The van der Waals surface area contributed by atoms with E-state index in [0.717, 1.165) is 34.8 Å². The molecular weight excluding hydrogens is 254 g/mol. The smallest absolute Gasteiger partial charge is 0.255 e. The Kier molecular flexibility index (Phi) is 2.60. The van der Waals surface area contributed by atoms with Gasteiger partial charge in [-0.3, -0.25) is 4.79 Å². The first-order valence-electron chi connectivity index (χ1n) is 6.87. The van der Waals surface area contributed by atoms with E-state index in [1.807, 2.05) is 24.3 Å². The number of fused-ring (bicyclic) bond motifs is 2. The van der Waals surface area contributed by atoms with Crippen LogP contribution in [0.25, 0.3) is 0 Å². The largest absolute Gasteiger partial charge is 0.493 e. The summed E-state index contributed by atoms with van der Waals surface area (Å²) in [7, 11) is 0. The van der Waals surface area contributed by atoms with Gasteiger partial charge in [0.05, 0.1) is 17.9 Å². The number of aromatic amines is 1. The van der Waals surface area contributed by atoms with Crippen LogP contribution >= 0.6 is 0 Å². The number of nitrogens with one attached hydrogen (secondary N) is 2. The second-order valence-electron chi connectivity index (χ2n) is 5.21. The first-order chi connectivity index (χ1) is 9.83. The monoisotopic (exact) mass is 269 g/mol. The molecule has 0 saturated heterocycles. The zero-order valence-electron chi connectivity index (χ0n) is 11.0. The van der Waals surface area contributed by atoms with E-state index in [1.165, 1.54) is 0 Å². The molecule has 1 atom stereocenters. The number of H-pyrrole nitrogens is 1. The van der Waals surface area contributed by atoms with Crippen LogP contribution in [0.1, 0.15) is 35.0 Å². The van der Waals surface area contributed by atoms with Crippen LogP contribution in [0.3, 0.4) is 0 Å². The molecule has 2 aromatic rings. The van der Waals surface area contributed by atoms with Crippen molar-refractivity contribution in [1.29, 1.82) is 0 Å². The minimum absolute atomic E-state index is 0.0148. The van der Waals surface area contributed by atoms with Crippen molar-refractivity contribution < 1.29 is 4.74 Å². The van der Waals surface area contributed by atoms with Gasteiger partial charge < -0.3 is 15.0 Å². The van der Waals surface area contributed by atoms with Gasteiger partial charge in [0.15, 0.2) is 0 Å². The molecule has 0 amide bonds. The summed E-state index contributed by atoms with van der Waals surface area (Å²) in [6.45, 7) is 1.94. The third kappa shape index (κ3) is 1.74. The maximum absolute atomic E-state index is 12.1. The lowest BCUT2D eigenvalue weighted by atomic mass is 9.92. The fourth-order valence-corrected chi connectivity index (χ4v) is 2.99. The van der Waals surface area contributed by atoms with E-state index < -0.39 is 0 Å². The van der Waals surface area contributed by atoms with Crippen LogP contribution in [-0.4, -0.2) is 16.6 Å². The van der Waals surface area contributed by atoms with Crippen LogP contribution < -0.4 is 15.6 Å². The summed E-state index contributed by atoms with van der Waals surface area (Å²) in [5, 5.41) is 3.17. The molecule has 1 unspecified atom stereocenters. The van der Waals surface area contributed by atoms with Gasteiger partial charge in [0.25, 0.3) is 5.56 Å². The normalized spacial score (nSPS) is 20.1. The molecule has 2 aliphatic rings. The zero-order chi connectivity index (χ0) is 13.5. The minimum atomic E-state index is -0.0148. The van der Waals surface area contributed by atoms with Crippen LogP contribution in [0.15, 0.2) is 29.1 Å². The summed E-state index contributed by atoms with van der Waals surface area (Å²) in [4.78, 5) is 19.7. The summed E-state index contributed by atoms with van der Waals surface area (Å²) in [5.74, 6) is 1.76. The van der Waals surface area contributed by atoms with E-state index in [0.29, 0.717) is 19.7 Å². The number of aromatic nitrogens is 2. The average Bonchev–Trinajstić information content (AvgIpc) is 2.95. The van der Waals surface area contributed by atoms with Crippen molar-refractivity contribution in [2.75, 3.05) is 6.61 Å². The predicted molar refractivity (Wildman–Crippen MR) is 73.8 cm³/mol. The summed E-state index contributed by atoms with van der Waals surface area (Å²) in [6, 6.07) is 7.97. The van der Waals surface area contributed by atoms with Crippen LogP contribution in [-0.2, 0) is 13.1 Å². The van der Waals surface area contributed by atoms with E-state index in [1.54, 1.807) is 0 Å². The van der Waals surface area contributed by atoms with Gasteiger partial charge >= 0.3 is 0 Å².